The van der Waals surface area contributed by atoms with Crippen LogP contribution in [-0.4, -0.2) is 19.2 Å². The van der Waals surface area contributed by atoms with Crippen LogP contribution < -0.4 is 10.1 Å². The van der Waals surface area contributed by atoms with Crippen molar-refractivity contribution in [1.29, 1.82) is 0 Å². The summed E-state index contributed by atoms with van der Waals surface area (Å²) in [6, 6.07) is 18.2. The number of rotatable bonds is 3. The summed E-state index contributed by atoms with van der Waals surface area (Å²) in [5, 5.41) is 4.17. The highest BCUT2D eigenvalue weighted by Crippen LogP contribution is 2.28. The smallest absolute Gasteiger partial charge is 0.121 e. The second-order valence-corrected chi connectivity index (χ2v) is 5.56. The van der Waals surface area contributed by atoms with Gasteiger partial charge in [-0.25, -0.2) is 0 Å². The molecule has 2 aromatic carbocycles. The number of ether oxygens (including phenoxy) is 1. The first-order valence-corrected chi connectivity index (χ1v) is 7.38. The van der Waals surface area contributed by atoms with Crippen LogP contribution in [0.25, 0.3) is 0 Å². The van der Waals surface area contributed by atoms with E-state index in [1.165, 1.54) is 5.56 Å². The van der Waals surface area contributed by atoms with Gasteiger partial charge in [-0.3, -0.25) is 0 Å². The fraction of sp³-hybridized carbons (Fsp3) is 0.294. The Bertz CT molecular complexity index is 558. The summed E-state index contributed by atoms with van der Waals surface area (Å²) >= 11 is 6.02. The first-order valence-electron chi connectivity index (χ1n) is 7.01. The number of nitrogens with one attached hydrogen (secondary N) is 1. The Morgan fingerprint density at radius 1 is 1.05 bits per heavy atom. The lowest BCUT2D eigenvalue weighted by atomic mass is 9.89. The van der Waals surface area contributed by atoms with Crippen molar-refractivity contribution in [3.63, 3.8) is 0 Å². The molecule has 0 aliphatic carbocycles. The zero-order valence-corrected chi connectivity index (χ0v) is 12.0. The fourth-order valence-corrected chi connectivity index (χ4v) is 2.90. The highest BCUT2D eigenvalue weighted by molar-refractivity contribution is 6.30. The zero-order valence-electron chi connectivity index (χ0n) is 11.3. The van der Waals surface area contributed by atoms with Gasteiger partial charge in [-0.15, -0.1) is 0 Å². The lowest BCUT2D eigenvalue weighted by Crippen LogP contribution is -2.41. The molecule has 1 aliphatic rings. The summed E-state index contributed by atoms with van der Waals surface area (Å²) in [4.78, 5) is 0. The highest BCUT2D eigenvalue weighted by Gasteiger charge is 2.27. The van der Waals surface area contributed by atoms with Crippen LogP contribution in [0.3, 0.4) is 0 Å². The number of hydrogen-bond donors (Lipinski definition) is 1. The summed E-state index contributed by atoms with van der Waals surface area (Å²) in [5.74, 6) is 1.23. The number of piperidine rings is 1. The predicted octanol–water partition coefficient (Wildman–Crippen LogP) is 3.86. The van der Waals surface area contributed by atoms with E-state index < -0.39 is 0 Å². The summed E-state index contributed by atoms with van der Waals surface area (Å²) in [6.07, 6.45) is 1.20. The number of benzene rings is 2. The van der Waals surface area contributed by atoms with Crippen molar-refractivity contribution >= 4 is 11.6 Å². The molecule has 2 unspecified atom stereocenters. The minimum atomic E-state index is 0.192. The second kappa shape index (κ2) is 6.29. The molecule has 0 bridgehead atoms. The summed E-state index contributed by atoms with van der Waals surface area (Å²) in [6.45, 7) is 1.95. The van der Waals surface area contributed by atoms with Gasteiger partial charge in [0.1, 0.15) is 11.9 Å². The van der Waals surface area contributed by atoms with Crippen molar-refractivity contribution in [2.75, 3.05) is 13.1 Å². The normalized spacial score (nSPS) is 22.4. The van der Waals surface area contributed by atoms with Crippen LogP contribution in [0, 0.1) is 0 Å². The van der Waals surface area contributed by atoms with E-state index in [1.807, 2.05) is 30.3 Å². The van der Waals surface area contributed by atoms with Crippen LogP contribution in [0.15, 0.2) is 54.6 Å². The topological polar surface area (TPSA) is 21.3 Å². The van der Waals surface area contributed by atoms with Gasteiger partial charge in [-0.2, -0.15) is 0 Å². The summed E-state index contributed by atoms with van der Waals surface area (Å²) in [7, 11) is 0. The molecule has 0 saturated carbocycles. The zero-order chi connectivity index (χ0) is 13.8. The van der Waals surface area contributed by atoms with Crippen LogP contribution in [0.2, 0.25) is 5.02 Å². The highest BCUT2D eigenvalue weighted by atomic mass is 35.5. The van der Waals surface area contributed by atoms with Gasteiger partial charge >= 0.3 is 0 Å². The van der Waals surface area contributed by atoms with Crippen LogP contribution in [0.1, 0.15) is 17.9 Å². The Labute approximate surface area is 124 Å². The minimum Gasteiger partial charge on any atom is -0.490 e. The third kappa shape index (κ3) is 3.14. The lowest BCUT2D eigenvalue weighted by Gasteiger charge is -2.33. The maximum absolute atomic E-state index is 6.18. The van der Waals surface area contributed by atoms with Crippen molar-refractivity contribution in [2.45, 2.75) is 18.4 Å². The molecule has 3 heteroatoms. The molecule has 2 nitrogen and oxygen atoms in total. The van der Waals surface area contributed by atoms with Gasteiger partial charge in [0.25, 0.3) is 0 Å². The molecular weight excluding hydrogens is 270 g/mol. The van der Waals surface area contributed by atoms with Crippen molar-refractivity contribution in [3.05, 3.63) is 65.2 Å². The average Bonchev–Trinajstić information content (AvgIpc) is 2.49. The Balaban J connectivity index is 1.79. The van der Waals surface area contributed by atoms with Gasteiger partial charge in [-0.1, -0.05) is 48.0 Å². The Morgan fingerprint density at radius 2 is 1.90 bits per heavy atom. The number of halogens is 1. The molecular formula is C17H18ClNO. The first-order chi connectivity index (χ1) is 9.83. The molecule has 1 aliphatic heterocycles. The van der Waals surface area contributed by atoms with Gasteiger partial charge in [0, 0.05) is 17.5 Å². The van der Waals surface area contributed by atoms with Crippen LogP contribution >= 0.6 is 11.6 Å². The van der Waals surface area contributed by atoms with Crippen molar-refractivity contribution < 1.29 is 4.74 Å². The Morgan fingerprint density at radius 3 is 2.70 bits per heavy atom. The molecule has 3 rings (SSSR count). The Hall–Kier alpha value is -1.51. The lowest BCUT2D eigenvalue weighted by molar-refractivity contribution is 0.138. The van der Waals surface area contributed by atoms with E-state index >= 15 is 0 Å². The average molecular weight is 288 g/mol. The first kappa shape index (κ1) is 13.5. The van der Waals surface area contributed by atoms with E-state index in [0.717, 1.165) is 25.3 Å². The van der Waals surface area contributed by atoms with Gasteiger partial charge in [-0.05, 0) is 36.7 Å². The molecule has 1 fully saturated rings. The molecule has 0 amide bonds. The summed E-state index contributed by atoms with van der Waals surface area (Å²) < 4.78 is 6.18. The van der Waals surface area contributed by atoms with E-state index in [9.17, 15) is 0 Å². The summed E-state index contributed by atoms with van der Waals surface area (Å²) in [5.41, 5.74) is 1.33. The molecule has 2 aromatic rings. The third-order valence-electron chi connectivity index (χ3n) is 3.73. The molecule has 1 saturated heterocycles. The van der Waals surface area contributed by atoms with E-state index in [1.54, 1.807) is 0 Å². The van der Waals surface area contributed by atoms with Gasteiger partial charge in [0.2, 0.25) is 0 Å². The van der Waals surface area contributed by atoms with Crippen molar-refractivity contribution in [3.8, 4) is 5.75 Å². The predicted molar refractivity (Wildman–Crippen MR) is 82.5 cm³/mol. The van der Waals surface area contributed by atoms with Crippen LogP contribution in [0.4, 0.5) is 0 Å². The standard InChI is InChI=1S/C17H18ClNO/c18-14-7-4-8-15(11-14)20-17-9-10-19-12-16(17)13-5-2-1-3-6-13/h1-8,11,16-17,19H,9-10,12H2. The monoisotopic (exact) mass is 287 g/mol. The molecule has 1 heterocycles. The SMILES string of the molecule is Clc1cccc(OC2CCNCC2c2ccccc2)c1. The second-order valence-electron chi connectivity index (χ2n) is 5.12. The van der Waals surface area contributed by atoms with Crippen LogP contribution in [0.5, 0.6) is 5.75 Å². The van der Waals surface area contributed by atoms with Gasteiger partial charge in [0.15, 0.2) is 0 Å². The molecule has 2 atom stereocenters. The van der Waals surface area contributed by atoms with E-state index in [0.29, 0.717) is 10.9 Å². The van der Waals surface area contributed by atoms with Crippen molar-refractivity contribution in [1.82, 2.24) is 5.32 Å². The molecule has 0 radical (unpaired) electrons. The minimum absolute atomic E-state index is 0.192. The van der Waals surface area contributed by atoms with Crippen molar-refractivity contribution in [2.24, 2.45) is 0 Å². The molecule has 0 spiro atoms. The maximum atomic E-state index is 6.18. The Kier molecular flexibility index (Phi) is 4.24. The van der Waals surface area contributed by atoms with E-state index in [-0.39, 0.29) is 6.10 Å². The van der Waals surface area contributed by atoms with E-state index in [4.69, 9.17) is 16.3 Å². The molecule has 0 aromatic heterocycles. The van der Waals surface area contributed by atoms with Crippen LogP contribution in [-0.2, 0) is 0 Å². The fourth-order valence-electron chi connectivity index (χ4n) is 2.72. The van der Waals surface area contributed by atoms with E-state index in [2.05, 4.69) is 29.6 Å². The molecule has 1 N–H and O–H groups in total. The van der Waals surface area contributed by atoms with Gasteiger partial charge in [0.05, 0.1) is 0 Å². The third-order valence-corrected chi connectivity index (χ3v) is 3.97. The molecule has 20 heavy (non-hydrogen) atoms. The largest absolute Gasteiger partial charge is 0.490 e. The molecule has 104 valence electrons. The quantitative estimate of drug-likeness (QED) is 0.925. The number of hydrogen-bond acceptors (Lipinski definition) is 2. The maximum Gasteiger partial charge on any atom is 0.121 e. The van der Waals surface area contributed by atoms with Gasteiger partial charge < -0.3 is 10.1 Å².